The zero-order chi connectivity index (χ0) is 14.3. The molecule has 0 aliphatic rings. The van der Waals surface area contributed by atoms with Crippen molar-refractivity contribution in [1.82, 2.24) is 0 Å². The maximum atomic E-state index is 11.2. The van der Waals surface area contributed by atoms with Gasteiger partial charge in [0.05, 0.1) is 12.4 Å². The molecule has 0 heterocycles. The highest BCUT2D eigenvalue weighted by Crippen LogP contribution is 2.16. The Morgan fingerprint density at radius 3 is 2.37 bits per heavy atom. The molecule has 0 aliphatic heterocycles. The fraction of sp³-hybridized carbons (Fsp3) is 0.538. The van der Waals surface area contributed by atoms with Crippen LogP contribution in [0.3, 0.4) is 0 Å². The van der Waals surface area contributed by atoms with Crippen molar-refractivity contribution in [3.05, 3.63) is 24.3 Å². The van der Waals surface area contributed by atoms with E-state index in [1.807, 2.05) is 31.2 Å². The summed E-state index contributed by atoms with van der Waals surface area (Å²) in [4.78, 5) is 0. The number of benzene rings is 1. The van der Waals surface area contributed by atoms with Crippen LogP contribution in [-0.2, 0) is 14.6 Å². The second-order valence-electron chi connectivity index (χ2n) is 4.50. The smallest absolute Gasteiger partial charge is 0.149 e. The van der Waals surface area contributed by atoms with Crippen LogP contribution in [0.5, 0.6) is 5.75 Å². The Morgan fingerprint density at radius 1 is 1.21 bits per heavy atom. The molecule has 1 rings (SSSR count). The average molecular weight is 287 g/mol. The molecule has 0 aromatic heterocycles. The lowest BCUT2D eigenvalue weighted by Crippen LogP contribution is -2.24. The van der Waals surface area contributed by atoms with E-state index in [4.69, 9.17) is 9.47 Å². The molecule has 1 aromatic carbocycles. The first-order valence-electron chi connectivity index (χ1n) is 6.07. The van der Waals surface area contributed by atoms with E-state index in [0.29, 0.717) is 13.2 Å². The van der Waals surface area contributed by atoms with Crippen LogP contribution in [0.4, 0.5) is 5.69 Å². The Balaban J connectivity index is 2.47. The summed E-state index contributed by atoms with van der Waals surface area (Å²) in [6.45, 7) is 2.89. The molecule has 0 bridgehead atoms. The van der Waals surface area contributed by atoms with Gasteiger partial charge in [0, 0.05) is 25.1 Å². The van der Waals surface area contributed by atoms with Gasteiger partial charge in [0.15, 0.2) is 0 Å². The Labute approximate surface area is 114 Å². The zero-order valence-electron chi connectivity index (χ0n) is 11.5. The van der Waals surface area contributed by atoms with Gasteiger partial charge in [-0.05, 0) is 31.2 Å². The summed E-state index contributed by atoms with van der Waals surface area (Å²) in [6, 6.07) is 7.27. The first-order chi connectivity index (χ1) is 8.90. The van der Waals surface area contributed by atoms with Gasteiger partial charge in [-0.1, -0.05) is 0 Å². The predicted octanol–water partition coefficient (Wildman–Crippen LogP) is 1.56. The van der Waals surface area contributed by atoms with Crippen LogP contribution < -0.4 is 10.1 Å². The standard InChI is InChI=1S/C13H21NO4S/c1-11(10-19(3,15)16)14-12-4-6-13(7-5-12)18-9-8-17-2/h4-7,11,14H,8-10H2,1-3H3. The summed E-state index contributed by atoms with van der Waals surface area (Å²) in [5.41, 5.74) is 0.871. The van der Waals surface area contributed by atoms with Gasteiger partial charge in [0.25, 0.3) is 0 Å². The summed E-state index contributed by atoms with van der Waals surface area (Å²) in [6.07, 6.45) is 1.23. The maximum Gasteiger partial charge on any atom is 0.149 e. The van der Waals surface area contributed by atoms with Crippen LogP contribution in [0.15, 0.2) is 24.3 Å². The topological polar surface area (TPSA) is 64.6 Å². The van der Waals surface area contributed by atoms with Crippen molar-refractivity contribution in [1.29, 1.82) is 0 Å². The van der Waals surface area contributed by atoms with Gasteiger partial charge in [0.1, 0.15) is 22.2 Å². The normalized spacial score (nSPS) is 13.0. The summed E-state index contributed by atoms with van der Waals surface area (Å²) < 4.78 is 32.7. The minimum atomic E-state index is -2.97. The minimum Gasteiger partial charge on any atom is -0.491 e. The number of hydrogen-bond acceptors (Lipinski definition) is 5. The highest BCUT2D eigenvalue weighted by molar-refractivity contribution is 7.90. The molecule has 0 saturated carbocycles. The Morgan fingerprint density at radius 2 is 1.84 bits per heavy atom. The number of rotatable bonds is 8. The zero-order valence-corrected chi connectivity index (χ0v) is 12.4. The van der Waals surface area contributed by atoms with Gasteiger partial charge in [-0.25, -0.2) is 8.42 Å². The number of hydrogen-bond donors (Lipinski definition) is 1. The molecule has 1 atom stereocenters. The van der Waals surface area contributed by atoms with Crippen LogP contribution >= 0.6 is 0 Å². The number of nitrogens with one attached hydrogen (secondary N) is 1. The number of ether oxygens (including phenoxy) is 2. The third-order valence-electron chi connectivity index (χ3n) is 2.38. The Kier molecular flexibility index (Phi) is 6.11. The lowest BCUT2D eigenvalue weighted by Gasteiger charge is -2.14. The van der Waals surface area contributed by atoms with Gasteiger partial charge in [-0.15, -0.1) is 0 Å². The van der Waals surface area contributed by atoms with E-state index >= 15 is 0 Å². The monoisotopic (exact) mass is 287 g/mol. The van der Waals surface area contributed by atoms with Crippen molar-refractivity contribution in [3.63, 3.8) is 0 Å². The second-order valence-corrected chi connectivity index (χ2v) is 6.69. The molecule has 19 heavy (non-hydrogen) atoms. The van der Waals surface area contributed by atoms with Crippen molar-refractivity contribution in [2.75, 3.05) is 37.6 Å². The molecular formula is C13H21NO4S. The summed E-state index contributed by atoms with van der Waals surface area (Å²) in [7, 11) is -1.34. The first kappa shape index (κ1) is 15.8. The van der Waals surface area contributed by atoms with Crippen molar-refractivity contribution in [2.24, 2.45) is 0 Å². The van der Waals surface area contributed by atoms with E-state index in [1.165, 1.54) is 6.26 Å². The van der Waals surface area contributed by atoms with Crippen LogP contribution in [-0.4, -0.2) is 46.8 Å². The van der Waals surface area contributed by atoms with Gasteiger partial charge in [-0.2, -0.15) is 0 Å². The van der Waals surface area contributed by atoms with E-state index in [1.54, 1.807) is 7.11 Å². The first-order valence-corrected chi connectivity index (χ1v) is 8.13. The number of anilines is 1. The molecule has 6 heteroatoms. The van der Waals surface area contributed by atoms with Crippen LogP contribution in [0.1, 0.15) is 6.92 Å². The molecule has 108 valence electrons. The van der Waals surface area contributed by atoms with Crippen LogP contribution in [0, 0.1) is 0 Å². The third kappa shape index (κ3) is 7.03. The molecule has 1 unspecified atom stereocenters. The maximum absolute atomic E-state index is 11.2. The molecular weight excluding hydrogens is 266 g/mol. The molecule has 5 nitrogen and oxygen atoms in total. The summed E-state index contributed by atoms with van der Waals surface area (Å²) in [5, 5.41) is 3.13. The van der Waals surface area contributed by atoms with Gasteiger partial charge >= 0.3 is 0 Å². The summed E-state index contributed by atoms with van der Waals surface area (Å²) in [5.74, 6) is 0.873. The van der Waals surface area contributed by atoms with E-state index in [2.05, 4.69) is 5.32 Å². The van der Waals surface area contributed by atoms with E-state index in [-0.39, 0.29) is 11.8 Å². The van der Waals surface area contributed by atoms with Gasteiger partial charge in [0.2, 0.25) is 0 Å². The molecule has 0 saturated heterocycles. The van der Waals surface area contributed by atoms with Crippen molar-refractivity contribution >= 4 is 15.5 Å². The largest absolute Gasteiger partial charge is 0.491 e. The van der Waals surface area contributed by atoms with Crippen LogP contribution in [0.2, 0.25) is 0 Å². The Hall–Kier alpha value is -1.27. The highest BCUT2D eigenvalue weighted by Gasteiger charge is 2.10. The predicted molar refractivity (Wildman–Crippen MR) is 76.6 cm³/mol. The molecule has 0 fully saturated rings. The van der Waals surface area contributed by atoms with E-state index in [9.17, 15) is 8.42 Å². The molecule has 0 radical (unpaired) electrons. The Bertz CT molecular complexity index is 470. The SMILES string of the molecule is COCCOc1ccc(NC(C)CS(C)(=O)=O)cc1. The molecule has 0 spiro atoms. The molecule has 0 aliphatic carbocycles. The van der Waals surface area contributed by atoms with E-state index in [0.717, 1.165) is 11.4 Å². The highest BCUT2D eigenvalue weighted by atomic mass is 32.2. The van der Waals surface area contributed by atoms with Crippen molar-refractivity contribution in [3.8, 4) is 5.75 Å². The van der Waals surface area contributed by atoms with Gasteiger partial charge in [-0.3, -0.25) is 0 Å². The van der Waals surface area contributed by atoms with E-state index < -0.39 is 9.84 Å². The van der Waals surface area contributed by atoms with Crippen LogP contribution in [0.25, 0.3) is 0 Å². The average Bonchev–Trinajstić information content (AvgIpc) is 2.29. The number of sulfone groups is 1. The number of methoxy groups -OCH3 is 1. The molecule has 0 amide bonds. The third-order valence-corrected chi connectivity index (χ3v) is 3.48. The van der Waals surface area contributed by atoms with Crippen molar-refractivity contribution in [2.45, 2.75) is 13.0 Å². The lowest BCUT2D eigenvalue weighted by molar-refractivity contribution is 0.146. The second kappa shape index (κ2) is 7.35. The molecule has 1 aromatic rings. The fourth-order valence-electron chi connectivity index (χ4n) is 1.67. The lowest BCUT2D eigenvalue weighted by atomic mass is 10.2. The van der Waals surface area contributed by atoms with Gasteiger partial charge < -0.3 is 14.8 Å². The minimum absolute atomic E-state index is 0.110. The fourth-order valence-corrected chi connectivity index (χ4v) is 2.66. The summed E-state index contributed by atoms with van der Waals surface area (Å²) >= 11 is 0. The van der Waals surface area contributed by atoms with Crippen molar-refractivity contribution < 1.29 is 17.9 Å². The quantitative estimate of drug-likeness (QED) is 0.735. The molecule has 1 N–H and O–H groups in total.